The van der Waals surface area contributed by atoms with E-state index in [9.17, 15) is 26.3 Å². The second-order valence-corrected chi connectivity index (χ2v) is 6.42. The van der Waals surface area contributed by atoms with Gasteiger partial charge in [-0.1, -0.05) is 42.5 Å². The van der Waals surface area contributed by atoms with Gasteiger partial charge in [-0.05, 0) is 37.1 Å². The monoisotopic (exact) mass is 405 g/mol. The summed E-state index contributed by atoms with van der Waals surface area (Å²) in [6, 6.07) is 14.3. The molecule has 2 aromatic carbocycles. The van der Waals surface area contributed by atoms with Crippen LogP contribution < -0.4 is 10.1 Å². The summed E-state index contributed by atoms with van der Waals surface area (Å²) in [4.78, 5) is 0. The number of methoxy groups -OCH3 is 1. The second-order valence-electron chi connectivity index (χ2n) is 6.42. The first-order chi connectivity index (χ1) is 13.0. The van der Waals surface area contributed by atoms with Crippen molar-refractivity contribution in [2.45, 2.75) is 31.7 Å². The summed E-state index contributed by atoms with van der Waals surface area (Å²) in [7, 11) is 1.56. The summed E-state index contributed by atoms with van der Waals surface area (Å²) in [6.07, 6.45) is -11.7. The molecule has 0 radical (unpaired) electrons. The van der Waals surface area contributed by atoms with E-state index >= 15 is 0 Å². The highest BCUT2D eigenvalue weighted by Gasteiger charge is 2.55. The van der Waals surface area contributed by atoms with E-state index in [4.69, 9.17) is 4.74 Å². The lowest BCUT2D eigenvalue weighted by atomic mass is 10.00. The first-order valence-corrected chi connectivity index (χ1v) is 8.64. The van der Waals surface area contributed by atoms with E-state index in [0.717, 1.165) is 16.7 Å². The minimum absolute atomic E-state index is 0.395. The molecule has 1 unspecified atom stereocenters. The molecule has 2 rings (SSSR count). The molecule has 0 aliphatic carbocycles. The molecule has 0 saturated carbocycles. The van der Waals surface area contributed by atoms with Crippen LogP contribution in [-0.4, -0.2) is 26.0 Å². The zero-order chi connectivity index (χ0) is 20.9. The largest absolute Gasteiger partial charge is 0.496 e. The number of nitrogens with one attached hydrogen (secondary N) is 1. The van der Waals surface area contributed by atoms with Crippen LogP contribution in [0.3, 0.4) is 0 Å². The maximum absolute atomic E-state index is 12.6. The van der Waals surface area contributed by atoms with Crippen LogP contribution in [-0.2, 0) is 0 Å². The average Bonchev–Trinajstić information content (AvgIpc) is 2.63. The molecule has 0 aliphatic rings. The topological polar surface area (TPSA) is 21.3 Å². The van der Waals surface area contributed by atoms with Gasteiger partial charge in [-0.3, -0.25) is 0 Å². The molecule has 8 heteroatoms. The Bertz CT molecular complexity index is 741. The van der Waals surface area contributed by atoms with E-state index < -0.39 is 37.3 Å². The number of hydrogen-bond donors (Lipinski definition) is 1. The Morgan fingerprint density at radius 1 is 0.893 bits per heavy atom. The molecular weight excluding hydrogens is 384 g/mol. The minimum Gasteiger partial charge on any atom is -0.496 e. The second kappa shape index (κ2) is 8.86. The van der Waals surface area contributed by atoms with Crippen LogP contribution in [0, 0.1) is 5.92 Å². The highest BCUT2D eigenvalue weighted by molar-refractivity contribution is 5.70. The predicted octanol–water partition coefficient (Wildman–Crippen LogP) is 6.14. The van der Waals surface area contributed by atoms with Crippen molar-refractivity contribution < 1.29 is 31.1 Å². The lowest BCUT2D eigenvalue weighted by molar-refractivity contribution is -0.285. The summed E-state index contributed by atoms with van der Waals surface area (Å²) in [6.45, 7) is 1.29. The average molecular weight is 405 g/mol. The Kier molecular flexibility index (Phi) is 6.98. The van der Waals surface area contributed by atoms with Crippen LogP contribution in [0.2, 0.25) is 0 Å². The van der Waals surface area contributed by atoms with Gasteiger partial charge in [-0.25, -0.2) is 0 Å². The normalized spacial score (nSPS) is 13.6. The van der Waals surface area contributed by atoms with Crippen molar-refractivity contribution in [2.24, 2.45) is 5.92 Å². The SMILES string of the molecule is COc1ccccc1-c1ccc(C(C)NCCC(C(F)(F)F)C(F)(F)F)cc1. The maximum Gasteiger partial charge on any atom is 0.400 e. The third-order valence-electron chi connectivity index (χ3n) is 4.50. The quantitative estimate of drug-likeness (QED) is 0.559. The smallest absolute Gasteiger partial charge is 0.400 e. The first-order valence-electron chi connectivity index (χ1n) is 8.64. The Morgan fingerprint density at radius 2 is 1.46 bits per heavy atom. The van der Waals surface area contributed by atoms with Crippen LogP contribution in [0.4, 0.5) is 26.3 Å². The maximum atomic E-state index is 12.6. The minimum atomic E-state index is -5.31. The molecule has 154 valence electrons. The molecule has 0 aromatic heterocycles. The van der Waals surface area contributed by atoms with E-state index in [-0.39, 0.29) is 0 Å². The zero-order valence-corrected chi connectivity index (χ0v) is 15.4. The molecule has 0 heterocycles. The summed E-state index contributed by atoms with van der Waals surface area (Å²) in [5, 5.41) is 2.73. The Balaban J connectivity index is 2.01. The fourth-order valence-corrected chi connectivity index (χ4v) is 2.91. The van der Waals surface area contributed by atoms with Gasteiger partial charge in [0.15, 0.2) is 5.92 Å². The standard InChI is InChI=1S/C20H21F6NO/c1-13(27-12-11-18(19(21,22)23)20(24,25)26)14-7-9-15(10-8-14)16-5-3-4-6-17(16)28-2/h3-10,13,18,27H,11-12H2,1-2H3. The molecule has 0 bridgehead atoms. The molecule has 0 aliphatic heterocycles. The van der Waals surface area contributed by atoms with E-state index in [0.29, 0.717) is 5.75 Å². The molecule has 2 nitrogen and oxygen atoms in total. The summed E-state index contributed by atoms with van der Waals surface area (Å²) in [5.74, 6) is -2.63. The van der Waals surface area contributed by atoms with Gasteiger partial charge in [0.25, 0.3) is 0 Å². The summed E-state index contributed by atoms with van der Waals surface area (Å²) in [5.41, 5.74) is 2.53. The van der Waals surface area contributed by atoms with E-state index in [1.807, 2.05) is 36.4 Å². The Hall–Kier alpha value is -2.22. The molecule has 28 heavy (non-hydrogen) atoms. The van der Waals surface area contributed by atoms with Gasteiger partial charge in [-0.2, -0.15) is 26.3 Å². The molecular formula is C20H21F6NO. The van der Waals surface area contributed by atoms with Gasteiger partial charge in [0.1, 0.15) is 5.75 Å². The number of rotatable bonds is 7. The van der Waals surface area contributed by atoms with Gasteiger partial charge >= 0.3 is 12.4 Å². The molecule has 0 spiro atoms. The van der Waals surface area contributed by atoms with Crippen molar-refractivity contribution >= 4 is 0 Å². The first kappa shape index (κ1) is 22.1. The highest BCUT2D eigenvalue weighted by atomic mass is 19.4. The molecule has 0 amide bonds. The van der Waals surface area contributed by atoms with Gasteiger partial charge in [0.2, 0.25) is 0 Å². The number of para-hydroxylation sites is 1. The Labute approximate surface area is 159 Å². The Morgan fingerprint density at radius 3 is 2.00 bits per heavy atom. The lowest BCUT2D eigenvalue weighted by Gasteiger charge is -2.24. The van der Waals surface area contributed by atoms with Gasteiger partial charge in [0, 0.05) is 11.6 Å². The van der Waals surface area contributed by atoms with Crippen molar-refractivity contribution in [1.29, 1.82) is 0 Å². The highest BCUT2D eigenvalue weighted by Crippen LogP contribution is 2.41. The van der Waals surface area contributed by atoms with E-state index in [2.05, 4.69) is 5.32 Å². The number of benzene rings is 2. The molecule has 1 N–H and O–H groups in total. The molecule has 0 fully saturated rings. The van der Waals surface area contributed by atoms with Crippen molar-refractivity contribution in [3.05, 3.63) is 54.1 Å². The van der Waals surface area contributed by atoms with Crippen LogP contribution in [0.25, 0.3) is 11.1 Å². The van der Waals surface area contributed by atoms with E-state index in [1.165, 1.54) is 0 Å². The number of halogens is 6. The fourth-order valence-electron chi connectivity index (χ4n) is 2.91. The van der Waals surface area contributed by atoms with E-state index in [1.54, 1.807) is 26.2 Å². The van der Waals surface area contributed by atoms with Crippen LogP contribution in [0.15, 0.2) is 48.5 Å². The third-order valence-corrected chi connectivity index (χ3v) is 4.50. The fraction of sp³-hybridized carbons (Fsp3) is 0.400. The lowest BCUT2D eigenvalue weighted by Crippen LogP contribution is -2.38. The molecule has 1 atom stereocenters. The van der Waals surface area contributed by atoms with Crippen molar-refractivity contribution in [3.8, 4) is 16.9 Å². The van der Waals surface area contributed by atoms with Gasteiger partial charge in [0.05, 0.1) is 7.11 Å². The van der Waals surface area contributed by atoms with Gasteiger partial charge < -0.3 is 10.1 Å². The number of ether oxygens (including phenoxy) is 1. The van der Waals surface area contributed by atoms with Crippen molar-refractivity contribution in [2.75, 3.05) is 13.7 Å². The number of alkyl halides is 6. The van der Waals surface area contributed by atoms with Crippen LogP contribution in [0.1, 0.15) is 24.9 Å². The van der Waals surface area contributed by atoms with Gasteiger partial charge in [-0.15, -0.1) is 0 Å². The third kappa shape index (κ3) is 5.64. The van der Waals surface area contributed by atoms with Crippen LogP contribution >= 0.6 is 0 Å². The molecule has 2 aromatic rings. The summed E-state index contributed by atoms with van der Waals surface area (Å²) >= 11 is 0. The summed E-state index contributed by atoms with van der Waals surface area (Å²) < 4.78 is 80.7. The molecule has 0 saturated heterocycles. The van der Waals surface area contributed by atoms with Crippen molar-refractivity contribution in [1.82, 2.24) is 5.32 Å². The number of hydrogen-bond acceptors (Lipinski definition) is 2. The van der Waals surface area contributed by atoms with Crippen molar-refractivity contribution in [3.63, 3.8) is 0 Å². The van der Waals surface area contributed by atoms with Crippen LogP contribution in [0.5, 0.6) is 5.75 Å². The zero-order valence-electron chi connectivity index (χ0n) is 15.4. The predicted molar refractivity (Wildman–Crippen MR) is 95.1 cm³/mol.